The molecule has 3 aliphatic heterocycles. The van der Waals surface area contributed by atoms with Gasteiger partial charge in [-0.15, -0.1) is 6.58 Å². The Kier molecular flexibility index (Phi) is 7.36. The number of hydrogen-bond donors (Lipinski definition) is 0. The summed E-state index contributed by atoms with van der Waals surface area (Å²) in [4.78, 5) is 28.6. The molecule has 0 aromatic heterocycles. The molecule has 9 nitrogen and oxygen atoms in total. The Morgan fingerprint density at radius 3 is 2.20 bits per heavy atom. The van der Waals surface area contributed by atoms with Gasteiger partial charge in [0.1, 0.15) is 35.9 Å². The van der Waals surface area contributed by atoms with Crippen LogP contribution >= 0.6 is 0 Å². The summed E-state index contributed by atoms with van der Waals surface area (Å²) in [7, 11) is 1.58. The maximum Gasteiger partial charge on any atom is 0.262 e. The normalized spacial score (nSPS) is 27.6. The average molecular weight is 544 g/mol. The summed E-state index contributed by atoms with van der Waals surface area (Å²) in [5, 5.41) is 0. The van der Waals surface area contributed by atoms with Crippen LogP contribution in [0, 0.1) is 0 Å². The van der Waals surface area contributed by atoms with Gasteiger partial charge < -0.3 is 28.4 Å². The molecule has 3 aliphatic rings. The van der Waals surface area contributed by atoms with Crippen molar-refractivity contribution < 1.29 is 38.0 Å². The van der Waals surface area contributed by atoms with Gasteiger partial charge in [0.05, 0.1) is 31.5 Å². The third-order valence-electron chi connectivity index (χ3n) is 7.22. The number of nitrogens with zero attached hydrogens (tertiary/aromatic N) is 1. The van der Waals surface area contributed by atoms with E-state index in [0.717, 1.165) is 5.56 Å². The van der Waals surface area contributed by atoms with Gasteiger partial charge in [-0.2, -0.15) is 0 Å². The zero-order valence-electron chi connectivity index (χ0n) is 21.9. The number of ether oxygens (including phenoxy) is 6. The minimum Gasteiger partial charge on any atom is -0.497 e. The van der Waals surface area contributed by atoms with Crippen molar-refractivity contribution in [3.63, 3.8) is 0 Å². The number of rotatable bonds is 8. The lowest BCUT2D eigenvalue weighted by molar-refractivity contribution is -0.342. The highest BCUT2D eigenvalue weighted by Gasteiger charge is 2.57. The van der Waals surface area contributed by atoms with E-state index in [9.17, 15) is 9.59 Å². The standard InChI is InChI=1S/C31H29NO8/c1-3-17-36-27-25(32-28(33)22-11-7-8-12-23(22)29(32)34)31(38-21-15-13-20(35-2)14-16-21)39-24-18-37-30(40-26(24)27)19-9-5-4-6-10-19/h3-16,24-27,30-31H,1,17-18H2,2H3/t24-,25-,26-,27-,30+,31-/m1/s1. The van der Waals surface area contributed by atoms with E-state index < -0.39 is 48.7 Å². The maximum atomic E-state index is 13.7. The van der Waals surface area contributed by atoms with Crippen molar-refractivity contribution in [2.75, 3.05) is 20.3 Å². The highest BCUT2D eigenvalue weighted by molar-refractivity contribution is 6.21. The lowest BCUT2D eigenvalue weighted by Gasteiger charge is -2.50. The van der Waals surface area contributed by atoms with Crippen molar-refractivity contribution >= 4 is 11.8 Å². The van der Waals surface area contributed by atoms with Crippen molar-refractivity contribution in [1.82, 2.24) is 4.90 Å². The predicted molar refractivity (Wildman–Crippen MR) is 143 cm³/mol. The highest BCUT2D eigenvalue weighted by Crippen LogP contribution is 2.40. The average Bonchev–Trinajstić information content (AvgIpc) is 3.25. The number of carbonyl (C=O) groups is 2. The molecule has 3 aromatic carbocycles. The quantitative estimate of drug-likeness (QED) is 0.309. The third-order valence-corrected chi connectivity index (χ3v) is 7.22. The number of imide groups is 1. The minimum absolute atomic E-state index is 0.156. The number of fused-ring (bicyclic) bond motifs is 2. The van der Waals surface area contributed by atoms with E-state index in [1.807, 2.05) is 30.3 Å². The molecule has 0 radical (unpaired) electrons. The zero-order chi connectivity index (χ0) is 27.6. The Balaban J connectivity index is 1.39. The van der Waals surface area contributed by atoms with Gasteiger partial charge in [-0.25, -0.2) is 0 Å². The Morgan fingerprint density at radius 2 is 1.55 bits per heavy atom. The van der Waals surface area contributed by atoms with Gasteiger partial charge >= 0.3 is 0 Å². The predicted octanol–water partition coefficient (Wildman–Crippen LogP) is 4.15. The molecule has 0 saturated carbocycles. The van der Waals surface area contributed by atoms with Gasteiger partial charge in [0.2, 0.25) is 6.29 Å². The molecule has 2 fully saturated rings. The molecule has 6 atom stereocenters. The number of methoxy groups -OCH3 is 1. The highest BCUT2D eigenvalue weighted by atomic mass is 16.8. The van der Waals surface area contributed by atoms with Crippen molar-refractivity contribution in [1.29, 1.82) is 0 Å². The van der Waals surface area contributed by atoms with Crippen LogP contribution in [0.4, 0.5) is 0 Å². The van der Waals surface area contributed by atoms with Crippen LogP contribution in [-0.4, -0.2) is 67.7 Å². The molecule has 0 unspecified atom stereocenters. The Hall–Kier alpha value is -4.02. The molecule has 0 N–H and O–H groups in total. The van der Waals surface area contributed by atoms with Crippen molar-refractivity contribution in [2.24, 2.45) is 0 Å². The largest absolute Gasteiger partial charge is 0.497 e. The van der Waals surface area contributed by atoms with E-state index in [4.69, 9.17) is 28.4 Å². The summed E-state index contributed by atoms with van der Waals surface area (Å²) >= 11 is 0. The van der Waals surface area contributed by atoms with E-state index in [1.165, 1.54) is 4.90 Å². The summed E-state index contributed by atoms with van der Waals surface area (Å²) in [5.74, 6) is 0.222. The van der Waals surface area contributed by atoms with E-state index >= 15 is 0 Å². The molecule has 6 rings (SSSR count). The number of carbonyl (C=O) groups excluding carboxylic acids is 2. The summed E-state index contributed by atoms with van der Waals surface area (Å²) in [6.07, 6.45) is -2.22. The lowest BCUT2D eigenvalue weighted by atomic mass is 9.94. The maximum absolute atomic E-state index is 13.7. The third kappa shape index (κ3) is 4.77. The van der Waals surface area contributed by atoms with E-state index in [1.54, 1.807) is 61.7 Å². The summed E-state index contributed by atoms with van der Waals surface area (Å²) in [5.41, 5.74) is 1.46. The Morgan fingerprint density at radius 1 is 0.900 bits per heavy atom. The molecule has 0 bridgehead atoms. The van der Waals surface area contributed by atoms with Crippen LogP contribution < -0.4 is 9.47 Å². The van der Waals surface area contributed by atoms with Crippen molar-refractivity contribution in [3.05, 3.63) is 108 Å². The summed E-state index contributed by atoms with van der Waals surface area (Å²) < 4.78 is 36.7. The topological polar surface area (TPSA) is 92.8 Å². The molecule has 3 aromatic rings. The number of benzene rings is 3. The number of amides is 2. The molecule has 2 amide bonds. The minimum atomic E-state index is -1.08. The van der Waals surface area contributed by atoms with Crippen LogP contribution in [0.3, 0.4) is 0 Å². The van der Waals surface area contributed by atoms with Crippen LogP contribution in [0.15, 0.2) is 91.5 Å². The van der Waals surface area contributed by atoms with Gasteiger partial charge in [0.25, 0.3) is 11.8 Å². The second-order valence-electron chi connectivity index (χ2n) is 9.62. The Labute approximate surface area is 231 Å². The smallest absolute Gasteiger partial charge is 0.262 e. The fourth-order valence-corrected chi connectivity index (χ4v) is 5.35. The fourth-order valence-electron chi connectivity index (χ4n) is 5.35. The summed E-state index contributed by atoms with van der Waals surface area (Å²) in [6, 6.07) is 22.2. The molecule has 40 heavy (non-hydrogen) atoms. The van der Waals surface area contributed by atoms with Gasteiger partial charge in [-0.3, -0.25) is 14.5 Å². The van der Waals surface area contributed by atoms with Gasteiger partial charge in [-0.1, -0.05) is 48.5 Å². The molecular weight excluding hydrogens is 514 g/mol. The van der Waals surface area contributed by atoms with Gasteiger partial charge in [-0.05, 0) is 36.4 Å². The van der Waals surface area contributed by atoms with Crippen LogP contribution in [-0.2, 0) is 18.9 Å². The Bertz CT molecular complexity index is 1340. The molecule has 0 aliphatic carbocycles. The van der Waals surface area contributed by atoms with E-state index in [0.29, 0.717) is 22.6 Å². The second-order valence-corrected chi connectivity index (χ2v) is 9.62. The first-order valence-corrected chi connectivity index (χ1v) is 13.1. The van der Waals surface area contributed by atoms with Crippen LogP contribution in [0.5, 0.6) is 11.5 Å². The van der Waals surface area contributed by atoms with Crippen LogP contribution in [0.25, 0.3) is 0 Å². The van der Waals surface area contributed by atoms with E-state index in [2.05, 4.69) is 6.58 Å². The first-order chi connectivity index (χ1) is 19.6. The first kappa shape index (κ1) is 26.2. The van der Waals surface area contributed by atoms with Crippen molar-refractivity contribution in [2.45, 2.75) is 36.9 Å². The van der Waals surface area contributed by atoms with Crippen LogP contribution in [0.2, 0.25) is 0 Å². The number of hydrogen-bond acceptors (Lipinski definition) is 8. The monoisotopic (exact) mass is 543 g/mol. The second kappa shape index (κ2) is 11.2. The molecule has 206 valence electrons. The fraction of sp³-hybridized carbons (Fsp3) is 0.290. The van der Waals surface area contributed by atoms with Crippen LogP contribution in [0.1, 0.15) is 32.6 Å². The van der Waals surface area contributed by atoms with Gasteiger partial charge in [0, 0.05) is 5.56 Å². The molecule has 2 saturated heterocycles. The zero-order valence-corrected chi connectivity index (χ0v) is 21.9. The van der Waals surface area contributed by atoms with Crippen molar-refractivity contribution in [3.8, 4) is 11.5 Å². The first-order valence-electron chi connectivity index (χ1n) is 13.1. The molecular formula is C31H29NO8. The molecule has 9 heteroatoms. The van der Waals surface area contributed by atoms with Gasteiger partial charge in [0.15, 0.2) is 6.29 Å². The van der Waals surface area contributed by atoms with E-state index in [-0.39, 0.29) is 13.2 Å². The summed E-state index contributed by atoms with van der Waals surface area (Å²) in [6.45, 7) is 4.13. The molecule has 0 spiro atoms. The molecule has 3 heterocycles. The SMILES string of the molecule is C=CCO[C@H]1[C@@H]2O[C@@H](c3ccccc3)OC[C@H]2O[C@@H](Oc2ccc(OC)cc2)[C@@H]1N1C(=O)c2ccccc2C1=O. The lowest BCUT2D eigenvalue weighted by Crippen LogP contribution is -2.69.